The third kappa shape index (κ3) is 3.49. The summed E-state index contributed by atoms with van der Waals surface area (Å²) in [6.45, 7) is 6.07. The average Bonchev–Trinajstić information content (AvgIpc) is 2.62. The van der Waals surface area contributed by atoms with E-state index >= 15 is 0 Å². The van der Waals surface area contributed by atoms with Crippen LogP contribution >= 0.6 is 0 Å². The van der Waals surface area contributed by atoms with Gasteiger partial charge in [0.2, 0.25) is 0 Å². The fourth-order valence-corrected chi connectivity index (χ4v) is 1.96. The number of esters is 1. The molecule has 7 heteroatoms. The highest BCUT2D eigenvalue weighted by Gasteiger charge is 2.25. The highest BCUT2D eigenvalue weighted by molar-refractivity contribution is 5.99. The Morgan fingerprint density at radius 2 is 2.05 bits per heavy atom. The zero-order valence-electron chi connectivity index (χ0n) is 12.5. The number of nitrogens with zero attached hydrogens (tertiary/aromatic N) is 3. The van der Waals surface area contributed by atoms with Gasteiger partial charge in [0.25, 0.3) is 5.91 Å². The Bertz CT molecular complexity index is 496. The van der Waals surface area contributed by atoms with Crippen LogP contribution in [0.5, 0.6) is 0 Å². The molecule has 0 radical (unpaired) electrons. The molecule has 0 aromatic carbocycles. The first-order valence-corrected chi connectivity index (χ1v) is 6.66. The van der Waals surface area contributed by atoms with Crippen molar-refractivity contribution in [2.24, 2.45) is 7.05 Å². The van der Waals surface area contributed by atoms with Crippen LogP contribution in [0.2, 0.25) is 0 Å². The van der Waals surface area contributed by atoms with Crippen LogP contribution in [0.25, 0.3) is 0 Å². The molecule has 1 amide bonds. The van der Waals surface area contributed by atoms with Crippen LogP contribution in [0, 0.1) is 6.92 Å². The molecule has 0 fully saturated rings. The maximum atomic E-state index is 12.5. The number of carbonyl (C=O) groups is 2. The molecule has 1 heterocycles. The summed E-state index contributed by atoms with van der Waals surface area (Å²) in [6, 6.07) is 0. The Morgan fingerprint density at radius 3 is 2.50 bits per heavy atom. The van der Waals surface area contributed by atoms with Crippen molar-refractivity contribution in [2.75, 3.05) is 25.4 Å². The van der Waals surface area contributed by atoms with Gasteiger partial charge in [0.1, 0.15) is 12.2 Å². The number of anilines is 1. The Labute approximate surface area is 118 Å². The van der Waals surface area contributed by atoms with Crippen LogP contribution in [0.15, 0.2) is 0 Å². The number of hydrogen-bond acceptors (Lipinski definition) is 5. The summed E-state index contributed by atoms with van der Waals surface area (Å²) in [4.78, 5) is 25.5. The molecule has 2 N–H and O–H groups in total. The summed E-state index contributed by atoms with van der Waals surface area (Å²) >= 11 is 0. The molecular weight excluding hydrogens is 260 g/mol. The number of aryl methyl sites for hydroxylation is 2. The van der Waals surface area contributed by atoms with Crippen LogP contribution in [-0.2, 0) is 16.6 Å². The molecular formula is C13H22N4O3. The first kappa shape index (κ1) is 16.0. The van der Waals surface area contributed by atoms with Crippen molar-refractivity contribution in [3.05, 3.63) is 11.4 Å². The second-order valence-electron chi connectivity index (χ2n) is 4.50. The predicted octanol–water partition coefficient (Wildman–Crippen LogP) is 0.726. The monoisotopic (exact) mass is 282 g/mol. The molecule has 0 atom stereocenters. The molecule has 1 rings (SSSR count). The van der Waals surface area contributed by atoms with Gasteiger partial charge in [0.05, 0.1) is 18.0 Å². The quantitative estimate of drug-likeness (QED) is 0.777. The number of aromatic nitrogens is 2. The standard InChI is InChI=1S/C13H22N4O3/c1-5-7-17(8-10(18)20-6-2)13(19)12-11(14)9(3)15-16(12)4/h5-8,14H2,1-4H3. The summed E-state index contributed by atoms with van der Waals surface area (Å²) in [5.41, 5.74) is 7.14. The van der Waals surface area contributed by atoms with Gasteiger partial charge in [0, 0.05) is 13.6 Å². The second-order valence-corrected chi connectivity index (χ2v) is 4.50. The van der Waals surface area contributed by atoms with Gasteiger partial charge < -0.3 is 15.4 Å². The Kier molecular flexibility index (Phi) is 5.54. The minimum atomic E-state index is -0.424. The van der Waals surface area contributed by atoms with E-state index in [4.69, 9.17) is 10.5 Å². The summed E-state index contributed by atoms with van der Waals surface area (Å²) in [5.74, 6) is -0.729. The van der Waals surface area contributed by atoms with Gasteiger partial charge in [-0.05, 0) is 20.3 Å². The number of hydrogen-bond donors (Lipinski definition) is 1. The minimum absolute atomic E-state index is 0.0792. The molecule has 0 unspecified atom stereocenters. The Balaban J connectivity index is 2.96. The molecule has 7 nitrogen and oxygen atoms in total. The lowest BCUT2D eigenvalue weighted by atomic mass is 10.2. The number of carbonyl (C=O) groups excluding carboxylic acids is 2. The van der Waals surface area contributed by atoms with Gasteiger partial charge in [-0.1, -0.05) is 6.92 Å². The number of amides is 1. The smallest absolute Gasteiger partial charge is 0.325 e. The Hall–Kier alpha value is -2.05. The number of ether oxygens (including phenoxy) is 1. The van der Waals surface area contributed by atoms with Crippen molar-refractivity contribution >= 4 is 17.6 Å². The van der Waals surface area contributed by atoms with Crippen molar-refractivity contribution < 1.29 is 14.3 Å². The zero-order chi connectivity index (χ0) is 15.3. The summed E-state index contributed by atoms with van der Waals surface area (Å²) in [6.07, 6.45) is 0.738. The summed E-state index contributed by atoms with van der Waals surface area (Å²) in [7, 11) is 1.66. The van der Waals surface area contributed by atoms with E-state index in [0.717, 1.165) is 6.42 Å². The van der Waals surface area contributed by atoms with Gasteiger partial charge >= 0.3 is 5.97 Å². The molecule has 0 aliphatic heterocycles. The Morgan fingerprint density at radius 1 is 1.40 bits per heavy atom. The summed E-state index contributed by atoms with van der Waals surface area (Å²) < 4.78 is 6.33. The third-order valence-corrected chi connectivity index (χ3v) is 2.88. The molecule has 0 aliphatic carbocycles. The maximum Gasteiger partial charge on any atom is 0.325 e. The number of nitrogen functional groups attached to an aromatic ring is 1. The van der Waals surface area contributed by atoms with Crippen LogP contribution in [0.4, 0.5) is 5.69 Å². The number of nitrogens with two attached hydrogens (primary N) is 1. The minimum Gasteiger partial charge on any atom is -0.465 e. The predicted molar refractivity (Wildman–Crippen MR) is 75.2 cm³/mol. The van der Waals surface area contributed by atoms with E-state index in [0.29, 0.717) is 30.2 Å². The largest absolute Gasteiger partial charge is 0.465 e. The van der Waals surface area contributed by atoms with E-state index in [1.807, 2.05) is 6.92 Å². The first-order valence-electron chi connectivity index (χ1n) is 6.66. The second kappa shape index (κ2) is 6.93. The van der Waals surface area contributed by atoms with E-state index in [9.17, 15) is 9.59 Å². The zero-order valence-corrected chi connectivity index (χ0v) is 12.5. The van der Waals surface area contributed by atoms with Gasteiger partial charge in [-0.25, -0.2) is 0 Å². The lowest BCUT2D eigenvalue weighted by Crippen LogP contribution is -2.38. The van der Waals surface area contributed by atoms with Gasteiger partial charge in [-0.15, -0.1) is 0 Å². The molecule has 0 bridgehead atoms. The van der Waals surface area contributed by atoms with Crippen molar-refractivity contribution in [2.45, 2.75) is 27.2 Å². The van der Waals surface area contributed by atoms with Gasteiger partial charge in [-0.2, -0.15) is 5.10 Å². The van der Waals surface area contributed by atoms with Crippen molar-refractivity contribution in [3.8, 4) is 0 Å². The van der Waals surface area contributed by atoms with Gasteiger partial charge in [-0.3, -0.25) is 14.3 Å². The summed E-state index contributed by atoms with van der Waals surface area (Å²) in [5, 5.41) is 4.12. The molecule has 1 aromatic heterocycles. The van der Waals surface area contributed by atoms with Crippen LogP contribution < -0.4 is 5.73 Å². The molecule has 0 saturated carbocycles. The maximum absolute atomic E-state index is 12.5. The molecule has 112 valence electrons. The highest BCUT2D eigenvalue weighted by atomic mass is 16.5. The normalized spacial score (nSPS) is 10.4. The van der Waals surface area contributed by atoms with E-state index < -0.39 is 5.97 Å². The lowest BCUT2D eigenvalue weighted by molar-refractivity contribution is -0.143. The topological polar surface area (TPSA) is 90.4 Å². The first-order chi connectivity index (χ1) is 9.42. The van der Waals surface area contributed by atoms with Crippen molar-refractivity contribution in [1.29, 1.82) is 0 Å². The van der Waals surface area contributed by atoms with E-state index in [1.54, 1.807) is 20.9 Å². The third-order valence-electron chi connectivity index (χ3n) is 2.88. The van der Waals surface area contributed by atoms with Crippen LogP contribution in [0.3, 0.4) is 0 Å². The van der Waals surface area contributed by atoms with Gasteiger partial charge in [0.15, 0.2) is 0 Å². The van der Waals surface area contributed by atoms with Crippen LogP contribution in [-0.4, -0.2) is 46.3 Å². The lowest BCUT2D eigenvalue weighted by Gasteiger charge is -2.21. The molecule has 1 aromatic rings. The molecule has 20 heavy (non-hydrogen) atoms. The molecule has 0 aliphatic rings. The fraction of sp³-hybridized carbons (Fsp3) is 0.615. The highest BCUT2D eigenvalue weighted by Crippen LogP contribution is 2.17. The molecule has 0 saturated heterocycles. The molecule has 0 spiro atoms. The van der Waals surface area contributed by atoms with E-state index in [-0.39, 0.29) is 12.5 Å². The average molecular weight is 282 g/mol. The van der Waals surface area contributed by atoms with Crippen molar-refractivity contribution in [1.82, 2.24) is 14.7 Å². The SMILES string of the molecule is CCCN(CC(=O)OCC)C(=O)c1c(N)c(C)nn1C. The van der Waals surface area contributed by atoms with Crippen molar-refractivity contribution in [3.63, 3.8) is 0 Å². The van der Waals surface area contributed by atoms with E-state index in [1.165, 1.54) is 9.58 Å². The van der Waals surface area contributed by atoms with Crippen LogP contribution in [0.1, 0.15) is 36.5 Å². The fourth-order valence-electron chi connectivity index (χ4n) is 1.96. The number of rotatable bonds is 6. The van der Waals surface area contributed by atoms with E-state index in [2.05, 4.69) is 5.10 Å².